The van der Waals surface area contributed by atoms with Crippen molar-refractivity contribution >= 4 is 11.5 Å². The van der Waals surface area contributed by atoms with Gasteiger partial charge in [-0.05, 0) is 49.8 Å². The number of carbonyl (C=O) groups is 1. The van der Waals surface area contributed by atoms with Gasteiger partial charge in [0, 0.05) is 0 Å². The van der Waals surface area contributed by atoms with Crippen LogP contribution in [-0.2, 0) is 4.74 Å². The summed E-state index contributed by atoms with van der Waals surface area (Å²) in [6.07, 6.45) is 9.24. The van der Waals surface area contributed by atoms with Gasteiger partial charge in [0.2, 0.25) is 0 Å². The van der Waals surface area contributed by atoms with Crippen molar-refractivity contribution in [1.29, 1.82) is 0 Å². The van der Waals surface area contributed by atoms with Crippen LogP contribution >= 0.6 is 0 Å². The fourth-order valence-electron chi connectivity index (χ4n) is 2.00. The minimum Gasteiger partial charge on any atom is -0.497 e. The predicted molar refractivity (Wildman–Crippen MR) is 91.9 cm³/mol. The molecule has 1 heterocycles. The molecule has 0 saturated heterocycles. The number of methoxy groups -OCH3 is 1. The van der Waals surface area contributed by atoms with Gasteiger partial charge >= 0.3 is 5.97 Å². The summed E-state index contributed by atoms with van der Waals surface area (Å²) in [7, 11) is 1.61. The van der Waals surface area contributed by atoms with Gasteiger partial charge in [-0.1, -0.05) is 23.4 Å². The van der Waals surface area contributed by atoms with Gasteiger partial charge in [0.05, 0.1) is 24.6 Å². The number of nitrogens with zero attached hydrogens (tertiary/aromatic N) is 3. The molecule has 0 aliphatic heterocycles. The first-order valence-electron chi connectivity index (χ1n) is 7.37. The Kier molecular flexibility index (Phi) is 5.68. The molecule has 0 bridgehead atoms. The van der Waals surface area contributed by atoms with E-state index in [-0.39, 0.29) is 5.56 Å². The van der Waals surface area contributed by atoms with Crippen molar-refractivity contribution in [2.24, 2.45) is 0 Å². The molecule has 24 heavy (non-hydrogen) atoms. The first-order valence-corrected chi connectivity index (χ1v) is 7.37. The van der Waals surface area contributed by atoms with Gasteiger partial charge in [0.15, 0.2) is 0 Å². The van der Waals surface area contributed by atoms with Gasteiger partial charge in [-0.15, -0.1) is 5.10 Å². The van der Waals surface area contributed by atoms with E-state index in [4.69, 9.17) is 9.84 Å². The summed E-state index contributed by atoms with van der Waals surface area (Å²) < 4.78 is 6.77. The number of hydrogen-bond donors (Lipinski definition) is 1. The molecule has 1 N–H and O–H groups in total. The lowest BCUT2D eigenvalue weighted by Crippen LogP contribution is -2.00. The Labute approximate surface area is 140 Å². The molecule has 1 aromatic heterocycles. The monoisotopic (exact) mass is 325 g/mol. The summed E-state index contributed by atoms with van der Waals surface area (Å²) in [5.41, 5.74) is 2.46. The second kappa shape index (κ2) is 7.92. The maximum atomic E-state index is 11.1. The molecule has 0 unspecified atom stereocenters. The van der Waals surface area contributed by atoms with Gasteiger partial charge in [-0.2, -0.15) is 0 Å². The van der Waals surface area contributed by atoms with Crippen molar-refractivity contribution in [2.75, 3.05) is 7.11 Å². The lowest BCUT2D eigenvalue weighted by atomic mass is 10.2. The third kappa shape index (κ3) is 4.19. The van der Waals surface area contributed by atoms with Crippen LogP contribution in [0.2, 0.25) is 0 Å². The van der Waals surface area contributed by atoms with Gasteiger partial charge in [-0.3, -0.25) is 0 Å². The summed E-state index contributed by atoms with van der Waals surface area (Å²) >= 11 is 0. The highest BCUT2D eigenvalue weighted by atomic mass is 16.5. The molecule has 6 nitrogen and oxygen atoms in total. The summed E-state index contributed by atoms with van der Waals surface area (Å²) in [5, 5.41) is 17.2. The number of allylic oxidation sites excluding steroid dienone is 5. The predicted octanol–water partition coefficient (Wildman–Crippen LogP) is 3.48. The molecule has 6 heteroatoms. The minimum atomic E-state index is -0.977. The molecule has 124 valence electrons. The zero-order chi connectivity index (χ0) is 17.5. The third-order valence-electron chi connectivity index (χ3n) is 3.32. The van der Waals surface area contributed by atoms with Crippen LogP contribution < -0.4 is 0 Å². The zero-order valence-electron chi connectivity index (χ0n) is 13.8. The standard InChI is InChI=1S/C18H19N3O3/c1-4-6-16(24-3)10-9-13(2)17-12-21(20-19-17)15-8-5-7-14(11-15)18(22)23/h4-12H,1-3H3,(H,22,23)/b6-4-,13-9+,16-10+. The lowest BCUT2D eigenvalue weighted by Gasteiger charge is -2.01. The fraction of sp³-hybridized carbons (Fsp3) is 0.167. The third-order valence-corrected chi connectivity index (χ3v) is 3.32. The van der Waals surface area contributed by atoms with E-state index < -0.39 is 5.97 Å². The average molecular weight is 325 g/mol. The van der Waals surface area contributed by atoms with E-state index in [1.54, 1.807) is 36.2 Å². The van der Waals surface area contributed by atoms with Crippen LogP contribution in [0, 0.1) is 0 Å². The maximum Gasteiger partial charge on any atom is 0.335 e. The average Bonchev–Trinajstić information content (AvgIpc) is 3.08. The minimum absolute atomic E-state index is 0.204. The SMILES string of the molecule is C\C=C/C(=C\C=C(/C)c1cn(-c2cccc(C(=O)O)c2)nn1)OC. The van der Waals surface area contributed by atoms with Crippen molar-refractivity contribution in [2.45, 2.75) is 13.8 Å². The Bertz CT molecular complexity index is 816. The van der Waals surface area contributed by atoms with Crippen molar-refractivity contribution in [3.05, 3.63) is 71.8 Å². The number of ether oxygens (including phenoxy) is 1. The second-order valence-corrected chi connectivity index (χ2v) is 5.03. The topological polar surface area (TPSA) is 77.2 Å². The molecule has 0 saturated carbocycles. The lowest BCUT2D eigenvalue weighted by molar-refractivity contribution is 0.0697. The van der Waals surface area contributed by atoms with Crippen LogP contribution in [0.1, 0.15) is 29.9 Å². The number of carboxylic acids is 1. The molecule has 0 spiro atoms. The summed E-state index contributed by atoms with van der Waals surface area (Å²) in [4.78, 5) is 11.1. The Morgan fingerprint density at radius 2 is 2.12 bits per heavy atom. The zero-order valence-corrected chi connectivity index (χ0v) is 13.8. The van der Waals surface area contributed by atoms with E-state index in [9.17, 15) is 4.79 Å². The van der Waals surface area contributed by atoms with Crippen LogP contribution in [-0.4, -0.2) is 33.2 Å². The first kappa shape index (κ1) is 17.2. The molecular formula is C18H19N3O3. The van der Waals surface area contributed by atoms with Gasteiger partial charge < -0.3 is 9.84 Å². The van der Waals surface area contributed by atoms with E-state index in [1.807, 2.05) is 38.2 Å². The maximum absolute atomic E-state index is 11.1. The smallest absolute Gasteiger partial charge is 0.335 e. The number of carboxylic acid groups (broad SMARTS) is 1. The van der Waals surface area contributed by atoms with Crippen LogP contribution in [0.3, 0.4) is 0 Å². The fourth-order valence-corrected chi connectivity index (χ4v) is 2.00. The van der Waals surface area contributed by atoms with Crippen LogP contribution in [0.15, 0.2) is 60.5 Å². The van der Waals surface area contributed by atoms with Crippen molar-refractivity contribution < 1.29 is 14.6 Å². The van der Waals surface area contributed by atoms with Crippen molar-refractivity contribution in [1.82, 2.24) is 15.0 Å². The molecule has 0 aliphatic carbocycles. The molecule has 0 radical (unpaired) electrons. The molecule has 2 rings (SSSR count). The Balaban J connectivity index is 2.27. The van der Waals surface area contributed by atoms with Crippen LogP contribution in [0.5, 0.6) is 0 Å². The molecule has 0 fully saturated rings. The molecular weight excluding hydrogens is 306 g/mol. The highest BCUT2D eigenvalue weighted by molar-refractivity contribution is 5.88. The van der Waals surface area contributed by atoms with E-state index in [1.165, 1.54) is 6.07 Å². The Morgan fingerprint density at radius 1 is 1.33 bits per heavy atom. The molecule has 2 aromatic rings. The Hall–Kier alpha value is -3.15. The van der Waals surface area contributed by atoms with Crippen molar-refractivity contribution in [3.8, 4) is 5.69 Å². The van der Waals surface area contributed by atoms with Crippen molar-refractivity contribution in [3.63, 3.8) is 0 Å². The summed E-state index contributed by atoms with van der Waals surface area (Å²) in [6.45, 7) is 3.84. The number of rotatable bonds is 6. The quantitative estimate of drug-likeness (QED) is 0.650. The highest BCUT2D eigenvalue weighted by Gasteiger charge is 2.07. The van der Waals surface area contributed by atoms with Gasteiger partial charge in [0.25, 0.3) is 0 Å². The second-order valence-electron chi connectivity index (χ2n) is 5.03. The number of hydrogen-bond acceptors (Lipinski definition) is 4. The Morgan fingerprint density at radius 3 is 2.79 bits per heavy atom. The van der Waals surface area contributed by atoms with Crippen LogP contribution in [0.4, 0.5) is 0 Å². The van der Waals surface area contributed by atoms with E-state index >= 15 is 0 Å². The summed E-state index contributed by atoms with van der Waals surface area (Å²) in [5.74, 6) is -0.243. The number of aromatic nitrogens is 3. The first-order chi connectivity index (χ1) is 11.5. The van der Waals surface area contributed by atoms with E-state index in [0.29, 0.717) is 11.4 Å². The normalized spacial score (nSPS) is 12.6. The van der Waals surface area contributed by atoms with Crippen LogP contribution in [0.25, 0.3) is 11.3 Å². The summed E-state index contributed by atoms with van der Waals surface area (Å²) in [6, 6.07) is 6.54. The number of benzene rings is 1. The van der Waals surface area contributed by atoms with E-state index in [2.05, 4.69) is 10.3 Å². The number of aromatic carboxylic acids is 1. The van der Waals surface area contributed by atoms with Gasteiger partial charge in [-0.25, -0.2) is 9.48 Å². The molecule has 0 atom stereocenters. The van der Waals surface area contributed by atoms with Gasteiger partial charge in [0.1, 0.15) is 11.5 Å². The molecule has 1 aromatic carbocycles. The van der Waals surface area contributed by atoms with E-state index in [0.717, 1.165) is 11.3 Å². The largest absolute Gasteiger partial charge is 0.497 e. The molecule has 0 amide bonds. The highest BCUT2D eigenvalue weighted by Crippen LogP contribution is 2.15. The molecule has 0 aliphatic rings.